The molecule has 0 aliphatic carbocycles. The Bertz CT molecular complexity index is 827. The Hall–Kier alpha value is -1.15. The Kier molecular flexibility index (Phi) is 8.10. The summed E-state index contributed by atoms with van der Waals surface area (Å²) in [5, 5.41) is 27.9. The first-order valence-electron chi connectivity index (χ1n) is 7.52. The Morgan fingerprint density at radius 1 is 1.14 bits per heavy atom. The van der Waals surface area contributed by atoms with Gasteiger partial charge in [-0.1, -0.05) is 23.2 Å². The highest BCUT2D eigenvalue weighted by atomic mass is 35.5. The van der Waals surface area contributed by atoms with Crippen LogP contribution in [0.15, 0.2) is 17.0 Å². The molecule has 0 unspecified atom stereocenters. The molecule has 0 heterocycles. The van der Waals surface area contributed by atoms with Gasteiger partial charge in [0.1, 0.15) is 4.90 Å². The zero-order chi connectivity index (χ0) is 21.9. The lowest BCUT2D eigenvalue weighted by molar-refractivity contribution is -0.242. The average molecular weight is 469 g/mol. The van der Waals surface area contributed by atoms with Crippen LogP contribution in [0.2, 0.25) is 10.0 Å². The van der Waals surface area contributed by atoms with Gasteiger partial charge >= 0.3 is 6.18 Å². The summed E-state index contributed by atoms with van der Waals surface area (Å²) >= 11 is 11.8. The van der Waals surface area contributed by atoms with E-state index in [1.165, 1.54) is 0 Å². The molecule has 1 aromatic rings. The van der Waals surface area contributed by atoms with Gasteiger partial charge in [-0.3, -0.25) is 4.79 Å². The summed E-state index contributed by atoms with van der Waals surface area (Å²) in [6.45, 7) is -1.58. The minimum absolute atomic E-state index is 0.234. The van der Waals surface area contributed by atoms with Gasteiger partial charge in [0.05, 0.1) is 28.9 Å². The number of halogens is 5. The molecule has 0 spiro atoms. The first kappa shape index (κ1) is 24.9. The van der Waals surface area contributed by atoms with Crippen LogP contribution in [-0.2, 0) is 14.8 Å². The number of nitrogens with zero attached hydrogens (tertiary/aromatic N) is 1. The molecular weight excluding hydrogens is 452 g/mol. The van der Waals surface area contributed by atoms with E-state index < -0.39 is 61.5 Å². The molecule has 0 aliphatic heterocycles. The van der Waals surface area contributed by atoms with Crippen molar-refractivity contribution in [1.82, 2.24) is 4.31 Å². The molecule has 1 atom stereocenters. The first-order valence-corrected chi connectivity index (χ1v) is 9.71. The topological polar surface area (TPSA) is 127 Å². The average Bonchev–Trinajstić information content (AvgIpc) is 2.57. The van der Waals surface area contributed by atoms with Crippen LogP contribution in [0.25, 0.3) is 0 Å². The molecule has 14 heteroatoms. The van der Waals surface area contributed by atoms with Gasteiger partial charge in [-0.15, -0.1) is 0 Å². The third kappa shape index (κ3) is 5.06. The summed E-state index contributed by atoms with van der Waals surface area (Å²) in [6, 6.07) is 1.77. The van der Waals surface area contributed by atoms with E-state index in [0.717, 1.165) is 16.4 Å². The maximum atomic E-state index is 12.7. The van der Waals surface area contributed by atoms with E-state index in [2.05, 4.69) is 0 Å². The fourth-order valence-corrected chi connectivity index (χ4v) is 4.13. The summed E-state index contributed by atoms with van der Waals surface area (Å²) in [5.74, 6) is -1.85. The fourth-order valence-electron chi connectivity index (χ4n) is 1.91. The Morgan fingerprint density at radius 2 is 1.64 bits per heavy atom. The third-order valence-corrected chi connectivity index (χ3v) is 6.54. The number of anilines is 1. The van der Waals surface area contributed by atoms with Gasteiger partial charge in [-0.2, -0.15) is 17.5 Å². The van der Waals surface area contributed by atoms with Crippen LogP contribution in [0.4, 0.5) is 18.9 Å². The molecule has 1 aromatic carbocycles. The number of aliphatic hydroxyl groups is 3. The number of amides is 1. The molecular formula is C14H17Cl2F3N2O6S. The molecule has 0 aliphatic rings. The summed E-state index contributed by atoms with van der Waals surface area (Å²) in [6.07, 6.45) is -5.27. The standard InChI is InChI=1S/C14H17Cl2F3N2O6S/c1-13(25,14(17,18)19)12(24)20-8-2-3-9(11(16)10(8)15)28(26,27)21(4-6-22)5-7-23/h2-3,22-23,25H,4-7H2,1H3,(H,20,24)/t13-/m1/s1. The second kappa shape index (κ2) is 9.11. The van der Waals surface area contributed by atoms with E-state index in [-0.39, 0.29) is 20.0 Å². The van der Waals surface area contributed by atoms with Crippen LogP contribution in [0, 0.1) is 0 Å². The van der Waals surface area contributed by atoms with Crippen LogP contribution < -0.4 is 5.32 Å². The van der Waals surface area contributed by atoms with Crippen LogP contribution >= 0.6 is 23.2 Å². The van der Waals surface area contributed by atoms with E-state index in [9.17, 15) is 31.5 Å². The quantitative estimate of drug-likeness (QED) is 0.454. The summed E-state index contributed by atoms with van der Waals surface area (Å²) in [4.78, 5) is 11.2. The number of rotatable bonds is 8. The van der Waals surface area contributed by atoms with Crippen LogP contribution in [0.5, 0.6) is 0 Å². The van der Waals surface area contributed by atoms with Crippen molar-refractivity contribution in [1.29, 1.82) is 0 Å². The van der Waals surface area contributed by atoms with Gasteiger partial charge in [0, 0.05) is 13.1 Å². The first-order chi connectivity index (χ1) is 12.7. The normalized spacial score (nSPS) is 14.8. The van der Waals surface area contributed by atoms with Crippen LogP contribution in [0.1, 0.15) is 6.92 Å². The number of carbonyl (C=O) groups excluding carboxylic acids is 1. The predicted molar refractivity (Wildman–Crippen MR) is 94.7 cm³/mol. The maximum Gasteiger partial charge on any atom is 0.426 e. The monoisotopic (exact) mass is 468 g/mol. The minimum Gasteiger partial charge on any atom is -0.395 e. The molecule has 0 saturated heterocycles. The van der Waals surface area contributed by atoms with Crippen molar-refractivity contribution in [2.24, 2.45) is 0 Å². The highest BCUT2D eigenvalue weighted by Gasteiger charge is 2.55. The second-order valence-electron chi connectivity index (χ2n) is 5.61. The summed E-state index contributed by atoms with van der Waals surface area (Å²) in [5.41, 5.74) is -4.19. The van der Waals surface area contributed by atoms with Gasteiger partial charge in [-0.25, -0.2) is 8.42 Å². The van der Waals surface area contributed by atoms with Gasteiger partial charge in [0.25, 0.3) is 5.91 Å². The SMILES string of the molecule is C[C@@](O)(C(=O)Nc1ccc(S(=O)(=O)N(CCO)CCO)c(Cl)c1Cl)C(F)(F)F. The largest absolute Gasteiger partial charge is 0.426 e. The lowest BCUT2D eigenvalue weighted by Gasteiger charge is -2.25. The number of hydrogen-bond donors (Lipinski definition) is 4. The molecule has 1 rings (SSSR count). The van der Waals surface area contributed by atoms with E-state index in [1.54, 1.807) is 5.32 Å². The molecule has 0 saturated carbocycles. The van der Waals surface area contributed by atoms with Crippen molar-refractivity contribution in [2.45, 2.75) is 23.6 Å². The molecule has 0 bridgehead atoms. The highest BCUT2D eigenvalue weighted by molar-refractivity contribution is 7.89. The van der Waals surface area contributed by atoms with E-state index >= 15 is 0 Å². The van der Waals surface area contributed by atoms with Gasteiger partial charge in [-0.05, 0) is 19.1 Å². The number of benzene rings is 1. The second-order valence-corrected chi connectivity index (χ2v) is 8.28. The number of carbonyl (C=O) groups is 1. The van der Waals surface area contributed by atoms with Crippen molar-refractivity contribution in [2.75, 3.05) is 31.6 Å². The smallest absolute Gasteiger partial charge is 0.395 e. The summed E-state index contributed by atoms with van der Waals surface area (Å²) < 4.78 is 64.1. The molecule has 4 N–H and O–H groups in total. The molecule has 8 nitrogen and oxygen atoms in total. The van der Waals surface area contributed by atoms with E-state index in [0.29, 0.717) is 0 Å². The van der Waals surface area contributed by atoms with Crippen LogP contribution in [-0.4, -0.2) is 72.0 Å². The number of sulfonamides is 1. The molecule has 0 fully saturated rings. The molecule has 28 heavy (non-hydrogen) atoms. The highest BCUT2D eigenvalue weighted by Crippen LogP contribution is 2.38. The van der Waals surface area contributed by atoms with Crippen LogP contribution in [0.3, 0.4) is 0 Å². The Balaban J connectivity index is 3.30. The zero-order valence-corrected chi connectivity index (χ0v) is 16.6. The maximum absolute atomic E-state index is 12.7. The van der Waals surface area contributed by atoms with Gasteiger partial charge in [0.2, 0.25) is 15.6 Å². The molecule has 0 aromatic heterocycles. The fraction of sp³-hybridized carbons (Fsp3) is 0.500. The molecule has 0 radical (unpaired) electrons. The van der Waals surface area contributed by atoms with Crippen molar-refractivity contribution >= 4 is 44.8 Å². The van der Waals surface area contributed by atoms with Gasteiger partial charge in [0.15, 0.2) is 0 Å². The van der Waals surface area contributed by atoms with Crippen molar-refractivity contribution in [3.05, 3.63) is 22.2 Å². The van der Waals surface area contributed by atoms with Crippen molar-refractivity contribution in [3.8, 4) is 0 Å². The van der Waals surface area contributed by atoms with E-state index in [4.69, 9.17) is 33.4 Å². The lowest BCUT2D eigenvalue weighted by atomic mass is 10.1. The van der Waals surface area contributed by atoms with Gasteiger partial charge < -0.3 is 20.6 Å². The van der Waals surface area contributed by atoms with Crippen molar-refractivity contribution in [3.63, 3.8) is 0 Å². The van der Waals surface area contributed by atoms with E-state index in [1.807, 2.05) is 0 Å². The Labute approximate surface area is 168 Å². The number of alkyl halides is 3. The van der Waals surface area contributed by atoms with Crippen molar-refractivity contribution < 1.29 is 41.7 Å². The zero-order valence-electron chi connectivity index (χ0n) is 14.3. The molecule has 1 amide bonds. The third-order valence-electron chi connectivity index (χ3n) is 3.61. The minimum atomic E-state index is -5.27. The number of aliphatic hydroxyl groups excluding tert-OH is 2. The predicted octanol–water partition coefficient (Wildman–Crippen LogP) is 1.22. The number of hydrogen-bond acceptors (Lipinski definition) is 6. The number of nitrogens with one attached hydrogen (secondary N) is 1. The lowest BCUT2D eigenvalue weighted by Crippen LogP contribution is -2.52. The Morgan fingerprint density at radius 3 is 2.07 bits per heavy atom. The summed E-state index contributed by atoms with van der Waals surface area (Å²) in [7, 11) is -4.32. The molecule has 160 valence electrons.